The molecule has 1 aliphatic carbocycles. The Morgan fingerprint density at radius 2 is 1.74 bits per heavy atom. The SMILES string of the molecule is C=CC(=O)OC(COC(=O)C(=C)C)(NC(C)(C)C)C1CCC(N(C)C)CC1. The summed E-state index contributed by atoms with van der Waals surface area (Å²) in [5.74, 6) is -1.01. The van der Waals surface area contributed by atoms with Crippen LogP contribution >= 0.6 is 0 Å². The Hall–Kier alpha value is -1.66. The molecule has 1 atom stereocenters. The number of hydrogen-bond donors (Lipinski definition) is 1. The van der Waals surface area contributed by atoms with Gasteiger partial charge in [-0.3, -0.25) is 5.32 Å². The lowest BCUT2D eigenvalue weighted by atomic mass is 9.78. The molecule has 0 aromatic rings. The zero-order chi connectivity index (χ0) is 20.8. The maximum atomic E-state index is 12.2. The summed E-state index contributed by atoms with van der Waals surface area (Å²) in [4.78, 5) is 26.4. The van der Waals surface area contributed by atoms with Gasteiger partial charge in [0.1, 0.15) is 6.61 Å². The Morgan fingerprint density at radius 3 is 2.15 bits per heavy atom. The molecule has 0 aliphatic heterocycles. The maximum Gasteiger partial charge on any atom is 0.333 e. The van der Waals surface area contributed by atoms with Crippen LogP contribution in [0.4, 0.5) is 0 Å². The van der Waals surface area contributed by atoms with Crippen LogP contribution in [-0.2, 0) is 19.1 Å². The van der Waals surface area contributed by atoms with E-state index in [-0.39, 0.29) is 18.1 Å². The quantitative estimate of drug-likeness (QED) is 0.397. The predicted octanol–water partition coefficient (Wildman–Crippen LogP) is 3.04. The number of esters is 2. The van der Waals surface area contributed by atoms with Crippen molar-refractivity contribution in [2.75, 3.05) is 20.7 Å². The number of nitrogens with one attached hydrogen (secondary N) is 1. The topological polar surface area (TPSA) is 67.9 Å². The van der Waals surface area contributed by atoms with Crippen molar-refractivity contribution >= 4 is 11.9 Å². The summed E-state index contributed by atoms with van der Waals surface area (Å²) in [5.41, 5.74) is -1.15. The summed E-state index contributed by atoms with van der Waals surface area (Å²) in [5, 5.41) is 3.43. The van der Waals surface area contributed by atoms with Crippen molar-refractivity contribution in [2.45, 2.75) is 70.7 Å². The molecule has 1 fully saturated rings. The molecule has 1 saturated carbocycles. The van der Waals surface area contributed by atoms with Crippen LogP contribution in [0.5, 0.6) is 0 Å². The van der Waals surface area contributed by atoms with Crippen LogP contribution in [0.3, 0.4) is 0 Å². The van der Waals surface area contributed by atoms with Crippen LogP contribution in [0.1, 0.15) is 53.4 Å². The Balaban J connectivity index is 3.15. The summed E-state index contributed by atoms with van der Waals surface area (Å²) in [7, 11) is 4.16. The van der Waals surface area contributed by atoms with Crippen LogP contribution < -0.4 is 5.32 Å². The van der Waals surface area contributed by atoms with Gasteiger partial charge in [-0.25, -0.2) is 9.59 Å². The van der Waals surface area contributed by atoms with E-state index < -0.39 is 17.7 Å². The fraction of sp³-hybridized carbons (Fsp3) is 0.714. The third-order valence-corrected chi connectivity index (χ3v) is 4.89. The van der Waals surface area contributed by atoms with E-state index in [4.69, 9.17) is 9.47 Å². The van der Waals surface area contributed by atoms with Gasteiger partial charge in [-0.1, -0.05) is 13.2 Å². The van der Waals surface area contributed by atoms with Crippen molar-refractivity contribution in [1.82, 2.24) is 10.2 Å². The van der Waals surface area contributed by atoms with Gasteiger partial charge in [0.2, 0.25) is 5.72 Å². The van der Waals surface area contributed by atoms with E-state index in [0.29, 0.717) is 11.6 Å². The van der Waals surface area contributed by atoms with Crippen LogP contribution in [-0.4, -0.2) is 54.8 Å². The van der Waals surface area contributed by atoms with Crippen molar-refractivity contribution in [3.05, 3.63) is 24.8 Å². The Kier molecular flexibility index (Phi) is 8.23. The van der Waals surface area contributed by atoms with Gasteiger partial charge in [-0.05, 0) is 67.5 Å². The molecule has 0 radical (unpaired) electrons. The lowest BCUT2D eigenvalue weighted by molar-refractivity contribution is -0.189. The van der Waals surface area contributed by atoms with Crippen LogP contribution in [0, 0.1) is 5.92 Å². The van der Waals surface area contributed by atoms with Crippen molar-refractivity contribution in [3.63, 3.8) is 0 Å². The molecule has 1 unspecified atom stereocenters. The lowest BCUT2D eigenvalue weighted by Gasteiger charge is -2.46. The van der Waals surface area contributed by atoms with E-state index in [0.717, 1.165) is 31.8 Å². The highest BCUT2D eigenvalue weighted by Gasteiger charge is 2.47. The van der Waals surface area contributed by atoms with Gasteiger partial charge in [-0.15, -0.1) is 0 Å². The minimum atomic E-state index is -1.11. The van der Waals surface area contributed by atoms with Gasteiger partial charge in [0.15, 0.2) is 0 Å². The number of nitrogens with zero attached hydrogens (tertiary/aromatic N) is 1. The minimum absolute atomic E-state index is 0.0229. The number of ether oxygens (including phenoxy) is 2. The zero-order valence-electron chi connectivity index (χ0n) is 17.8. The first kappa shape index (κ1) is 23.4. The molecule has 1 aliphatic rings. The highest BCUT2D eigenvalue weighted by Crippen LogP contribution is 2.37. The van der Waals surface area contributed by atoms with E-state index in [2.05, 4.69) is 37.5 Å². The van der Waals surface area contributed by atoms with E-state index >= 15 is 0 Å². The molecule has 0 saturated heterocycles. The molecule has 1 N–H and O–H groups in total. The van der Waals surface area contributed by atoms with Gasteiger partial charge in [0.05, 0.1) is 0 Å². The van der Waals surface area contributed by atoms with Gasteiger partial charge >= 0.3 is 11.9 Å². The minimum Gasteiger partial charge on any atom is -0.457 e. The average Bonchev–Trinajstić information content (AvgIpc) is 2.57. The summed E-state index contributed by atoms with van der Waals surface area (Å²) >= 11 is 0. The summed E-state index contributed by atoms with van der Waals surface area (Å²) in [6.07, 6.45) is 4.85. The maximum absolute atomic E-state index is 12.2. The molecular formula is C21H36N2O4. The second kappa shape index (κ2) is 9.51. The third kappa shape index (κ3) is 7.11. The van der Waals surface area contributed by atoms with Crippen molar-refractivity contribution in [2.24, 2.45) is 5.92 Å². The molecular weight excluding hydrogens is 344 g/mol. The molecule has 0 bridgehead atoms. The van der Waals surface area contributed by atoms with Crippen LogP contribution in [0.2, 0.25) is 0 Å². The molecule has 0 spiro atoms. The second-order valence-corrected chi connectivity index (χ2v) is 8.72. The number of carbonyl (C=O) groups excluding carboxylic acids is 2. The molecule has 154 valence electrons. The lowest BCUT2D eigenvalue weighted by Crippen LogP contribution is -2.64. The van der Waals surface area contributed by atoms with Crippen molar-refractivity contribution in [3.8, 4) is 0 Å². The molecule has 1 rings (SSSR count). The van der Waals surface area contributed by atoms with Gasteiger partial charge in [0, 0.05) is 29.1 Å². The van der Waals surface area contributed by atoms with E-state index in [1.807, 2.05) is 20.8 Å². The first-order valence-electron chi connectivity index (χ1n) is 9.54. The predicted molar refractivity (Wildman–Crippen MR) is 107 cm³/mol. The third-order valence-electron chi connectivity index (χ3n) is 4.89. The van der Waals surface area contributed by atoms with E-state index in [1.54, 1.807) is 6.92 Å². The van der Waals surface area contributed by atoms with Crippen molar-refractivity contribution in [1.29, 1.82) is 0 Å². The fourth-order valence-electron chi connectivity index (χ4n) is 3.60. The summed E-state index contributed by atoms with van der Waals surface area (Å²) in [6.45, 7) is 14.7. The van der Waals surface area contributed by atoms with Crippen LogP contribution in [0.15, 0.2) is 24.8 Å². The average molecular weight is 381 g/mol. The Morgan fingerprint density at radius 1 is 1.19 bits per heavy atom. The van der Waals surface area contributed by atoms with Gasteiger partial charge < -0.3 is 14.4 Å². The molecule has 0 aromatic heterocycles. The monoisotopic (exact) mass is 380 g/mol. The first-order chi connectivity index (χ1) is 12.4. The van der Waals surface area contributed by atoms with Crippen molar-refractivity contribution < 1.29 is 19.1 Å². The molecule has 6 heteroatoms. The van der Waals surface area contributed by atoms with E-state index in [1.165, 1.54) is 0 Å². The molecule has 0 aromatic carbocycles. The Bertz CT molecular complexity index is 557. The standard InChI is InChI=1S/C21H36N2O4/c1-9-18(24)27-21(22-20(4,5)6,14-26-19(25)15(2)3)16-10-12-17(13-11-16)23(7)8/h9,16-17,22H,1-2,10-14H2,3-8H3. The highest BCUT2D eigenvalue weighted by atomic mass is 16.6. The van der Waals surface area contributed by atoms with Gasteiger partial charge in [0.25, 0.3) is 0 Å². The fourth-order valence-corrected chi connectivity index (χ4v) is 3.60. The number of hydrogen-bond acceptors (Lipinski definition) is 6. The summed E-state index contributed by atoms with van der Waals surface area (Å²) < 4.78 is 11.3. The number of rotatable bonds is 8. The molecule has 27 heavy (non-hydrogen) atoms. The molecule has 0 amide bonds. The zero-order valence-corrected chi connectivity index (χ0v) is 17.8. The highest BCUT2D eigenvalue weighted by molar-refractivity contribution is 5.87. The van der Waals surface area contributed by atoms with E-state index in [9.17, 15) is 9.59 Å². The molecule has 6 nitrogen and oxygen atoms in total. The largest absolute Gasteiger partial charge is 0.457 e. The first-order valence-corrected chi connectivity index (χ1v) is 9.54. The second-order valence-electron chi connectivity index (χ2n) is 8.72. The smallest absolute Gasteiger partial charge is 0.333 e. The number of carbonyl (C=O) groups is 2. The summed E-state index contributed by atoms with van der Waals surface area (Å²) in [6, 6.07) is 0.502. The Labute approximate surface area is 164 Å². The van der Waals surface area contributed by atoms with Crippen LogP contribution in [0.25, 0.3) is 0 Å². The molecule has 0 heterocycles. The van der Waals surface area contributed by atoms with Gasteiger partial charge in [-0.2, -0.15) is 0 Å². The normalized spacial score (nSPS) is 22.6.